The van der Waals surface area contributed by atoms with Crippen molar-refractivity contribution in [3.05, 3.63) is 192 Å². The predicted octanol–water partition coefficient (Wildman–Crippen LogP) is 17.5. The molecule has 12 aromatic rings. The van der Waals surface area contributed by atoms with Crippen molar-refractivity contribution in [1.82, 2.24) is 0 Å². The van der Waals surface area contributed by atoms with Gasteiger partial charge in [0.15, 0.2) is 0 Å². The molecule has 0 bridgehead atoms. The first kappa shape index (κ1) is 36.3. The molecule has 4 aromatic heterocycles. The van der Waals surface area contributed by atoms with E-state index in [0.717, 1.165) is 0 Å². The number of aryl methyl sites for hydroxylation is 4. The van der Waals surface area contributed by atoms with Gasteiger partial charge >= 0.3 is 0 Å². The zero-order valence-corrected chi connectivity index (χ0v) is 35.1. The van der Waals surface area contributed by atoms with E-state index in [9.17, 15) is 0 Å². The van der Waals surface area contributed by atoms with Crippen molar-refractivity contribution in [2.24, 2.45) is 0 Å². The van der Waals surface area contributed by atoms with Gasteiger partial charge in [0.05, 0.1) is 0 Å². The second kappa shape index (κ2) is 15.6. The number of thiophene rings is 4. The summed E-state index contributed by atoms with van der Waals surface area (Å²) in [4.78, 5) is 0. The van der Waals surface area contributed by atoms with Crippen LogP contribution in [0.25, 0.3) is 80.7 Å². The first-order chi connectivity index (χ1) is 27.4. The van der Waals surface area contributed by atoms with E-state index in [0.29, 0.717) is 0 Å². The Labute approximate surface area is 343 Å². The van der Waals surface area contributed by atoms with Crippen LogP contribution < -0.4 is 0 Å². The van der Waals surface area contributed by atoms with Crippen molar-refractivity contribution >= 4 is 126 Å². The van der Waals surface area contributed by atoms with Crippen LogP contribution in [0.2, 0.25) is 0 Å². The van der Waals surface area contributed by atoms with Gasteiger partial charge in [-0.3, -0.25) is 0 Å². The summed E-state index contributed by atoms with van der Waals surface area (Å²) in [5.74, 6) is 0. The second-order valence-electron chi connectivity index (χ2n) is 14.3. The Balaban J connectivity index is 0.0000000975. The Bertz CT molecular complexity index is 3290. The van der Waals surface area contributed by atoms with E-state index in [-0.39, 0.29) is 0 Å². The highest BCUT2D eigenvalue weighted by Crippen LogP contribution is 2.37. The highest BCUT2D eigenvalue weighted by molar-refractivity contribution is 7.27. The Kier molecular flexibility index (Phi) is 10.1. The Hall–Kier alpha value is -5.36. The summed E-state index contributed by atoms with van der Waals surface area (Å²) in [5.41, 5.74) is 5.42. The van der Waals surface area contributed by atoms with E-state index in [4.69, 9.17) is 0 Å². The fraction of sp³-hybridized carbons (Fsp3) is 0.0769. The van der Waals surface area contributed by atoms with Crippen LogP contribution in [-0.2, 0) is 0 Å². The van der Waals surface area contributed by atoms with E-state index < -0.39 is 0 Å². The molecule has 56 heavy (non-hydrogen) atoms. The molecule has 12 rings (SSSR count). The third-order valence-electron chi connectivity index (χ3n) is 10.3. The number of fused-ring (bicyclic) bond motifs is 12. The maximum Gasteiger partial charge on any atom is 0.0384 e. The van der Waals surface area contributed by atoms with Gasteiger partial charge in [-0.2, -0.15) is 0 Å². The molecule has 0 aliphatic carbocycles. The van der Waals surface area contributed by atoms with Crippen LogP contribution in [0.1, 0.15) is 22.3 Å². The average molecular weight is 793 g/mol. The van der Waals surface area contributed by atoms with Crippen molar-refractivity contribution in [1.29, 1.82) is 0 Å². The third kappa shape index (κ3) is 7.11. The lowest BCUT2D eigenvalue weighted by atomic mass is 10.1. The van der Waals surface area contributed by atoms with Crippen molar-refractivity contribution < 1.29 is 0 Å². The number of benzene rings is 8. The molecule has 0 aliphatic heterocycles. The molecule has 0 aliphatic rings. The van der Waals surface area contributed by atoms with Crippen LogP contribution in [-0.4, -0.2) is 0 Å². The normalized spacial score (nSPS) is 11.2. The minimum atomic E-state index is 1.33. The van der Waals surface area contributed by atoms with Crippen LogP contribution >= 0.6 is 45.3 Å². The van der Waals surface area contributed by atoms with Crippen LogP contribution in [0, 0.1) is 27.7 Å². The van der Waals surface area contributed by atoms with E-state index >= 15 is 0 Å². The monoisotopic (exact) mass is 792 g/mol. The molecule has 272 valence electrons. The van der Waals surface area contributed by atoms with Crippen LogP contribution in [0.5, 0.6) is 0 Å². The first-order valence-corrected chi connectivity index (χ1v) is 22.2. The lowest BCUT2D eigenvalue weighted by molar-refractivity contribution is 1.52. The minimum absolute atomic E-state index is 1.33. The van der Waals surface area contributed by atoms with E-state index in [2.05, 4.69) is 198 Å². The summed E-state index contributed by atoms with van der Waals surface area (Å²) in [6, 6.07) is 60.8. The van der Waals surface area contributed by atoms with Gasteiger partial charge in [0.25, 0.3) is 0 Å². The SMILES string of the molecule is Cc1ccc2c(c1)sc1ccccc12.Cc1ccc2sc3ccccc3c2c1.Cc1cccc2c1sc1ccccc12.Cc1cccc2sc3ccccc3c12. The fourth-order valence-electron chi connectivity index (χ4n) is 7.51. The molecule has 0 radical (unpaired) electrons. The molecule has 0 spiro atoms. The highest BCUT2D eigenvalue weighted by atomic mass is 32.1. The van der Waals surface area contributed by atoms with Gasteiger partial charge in [-0.15, -0.1) is 45.3 Å². The third-order valence-corrected chi connectivity index (χ3v) is 15.0. The average Bonchev–Trinajstić information content (AvgIpc) is 3.99. The molecule has 4 heterocycles. The van der Waals surface area contributed by atoms with Gasteiger partial charge in [0.2, 0.25) is 0 Å². The van der Waals surface area contributed by atoms with Gasteiger partial charge in [0, 0.05) is 80.7 Å². The van der Waals surface area contributed by atoms with Crippen molar-refractivity contribution in [2.75, 3.05) is 0 Å². The summed E-state index contributed by atoms with van der Waals surface area (Å²) in [6.45, 7) is 8.65. The van der Waals surface area contributed by atoms with Gasteiger partial charge < -0.3 is 0 Å². The largest absolute Gasteiger partial charge is 0.135 e. The summed E-state index contributed by atoms with van der Waals surface area (Å²) in [5, 5.41) is 11.1. The maximum atomic E-state index is 2.27. The minimum Gasteiger partial charge on any atom is -0.135 e. The van der Waals surface area contributed by atoms with Crippen LogP contribution in [0.15, 0.2) is 170 Å². The topological polar surface area (TPSA) is 0 Å². The molecule has 8 aromatic carbocycles. The lowest BCUT2D eigenvalue weighted by Gasteiger charge is -1.95. The van der Waals surface area contributed by atoms with E-state index in [1.807, 2.05) is 45.3 Å². The molecule has 0 N–H and O–H groups in total. The first-order valence-electron chi connectivity index (χ1n) is 18.9. The maximum absolute atomic E-state index is 2.27. The quantitative estimate of drug-likeness (QED) is 0.143. The van der Waals surface area contributed by atoms with Gasteiger partial charge in [-0.25, -0.2) is 0 Å². The van der Waals surface area contributed by atoms with E-state index in [1.54, 1.807) is 0 Å². The summed E-state index contributed by atoms with van der Waals surface area (Å²) in [7, 11) is 0. The predicted molar refractivity (Wildman–Crippen MR) is 256 cm³/mol. The van der Waals surface area contributed by atoms with Crippen LogP contribution in [0.3, 0.4) is 0 Å². The van der Waals surface area contributed by atoms with Gasteiger partial charge in [-0.1, -0.05) is 127 Å². The Morgan fingerprint density at radius 2 is 0.696 bits per heavy atom. The highest BCUT2D eigenvalue weighted by Gasteiger charge is 2.07. The molecule has 4 heteroatoms. The molecular formula is C52H40S4. The molecular weight excluding hydrogens is 753 g/mol. The lowest BCUT2D eigenvalue weighted by Crippen LogP contribution is -1.72. The van der Waals surface area contributed by atoms with Crippen molar-refractivity contribution in [3.63, 3.8) is 0 Å². The zero-order chi connectivity index (χ0) is 38.2. The molecule has 0 fully saturated rings. The molecule has 0 amide bonds. The van der Waals surface area contributed by atoms with Gasteiger partial charge in [0.1, 0.15) is 0 Å². The number of hydrogen-bond acceptors (Lipinski definition) is 4. The zero-order valence-electron chi connectivity index (χ0n) is 31.8. The molecule has 0 unspecified atom stereocenters. The summed E-state index contributed by atoms with van der Waals surface area (Å²) < 4.78 is 11.1. The fourth-order valence-corrected chi connectivity index (χ4v) is 12.2. The molecule has 0 nitrogen and oxygen atoms in total. The van der Waals surface area contributed by atoms with Crippen LogP contribution in [0.4, 0.5) is 0 Å². The summed E-state index contributed by atoms with van der Waals surface area (Å²) in [6.07, 6.45) is 0. The smallest absolute Gasteiger partial charge is 0.0384 e. The molecule has 0 saturated heterocycles. The van der Waals surface area contributed by atoms with E-state index in [1.165, 1.54) is 103 Å². The number of rotatable bonds is 0. The van der Waals surface area contributed by atoms with Crippen molar-refractivity contribution in [2.45, 2.75) is 27.7 Å². The Morgan fingerprint density at radius 1 is 0.268 bits per heavy atom. The molecule has 0 atom stereocenters. The van der Waals surface area contributed by atoms with Crippen molar-refractivity contribution in [3.8, 4) is 0 Å². The molecule has 0 saturated carbocycles. The standard InChI is InChI=1S/4C13H10S/c1-9-5-4-7-11-10-6-2-3-8-12(10)14-13(9)11;1-9-5-4-8-12-13(9)10-6-2-3-7-11(10)14-12;1-9-6-7-13-11(8-9)10-4-2-3-5-12(10)14-13;1-9-6-7-11-10-4-2-3-5-12(10)14-13(11)8-9/h4*2-8H,1H3. The number of hydrogen-bond donors (Lipinski definition) is 0. The summed E-state index contributed by atoms with van der Waals surface area (Å²) >= 11 is 7.51. The van der Waals surface area contributed by atoms with Gasteiger partial charge in [-0.05, 0) is 92.9 Å². The Morgan fingerprint density at radius 3 is 1.41 bits per heavy atom. The second-order valence-corrected chi connectivity index (χ2v) is 18.6.